The van der Waals surface area contributed by atoms with Gasteiger partial charge in [0, 0.05) is 6.04 Å². The molecule has 0 radical (unpaired) electrons. The van der Waals surface area contributed by atoms with Gasteiger partial charge in [0.05, 0.1) is 0 Å². The number of rotatable bonds is 9. The first kappa shape index (κ1) is 14.0. The minimum Gasteiger partial charge on any atom is -0.304 e. The Bertz CT molecular complexity index is 112. The van der Waals surface area contributed by atoms with Gasteiger partial charge in [-0.3, -0.25) is 0 Å². The lowest BCUT2D eigenvalue weighted by atomic mass is 10.0. The third kappa shape index (κ3) is 6.42. The Morgan fingerprint density at radius 3 is 2.07 bits per heavy atom. The van der Waals surface area contributed by atoms with Crippen LogP contribution in [0, 0.1) is 0 Å². The molecule has 0 aliphatic rings. The second-order valence-electron chi connectivity index (χ2n) is 4.37. The number of hydrogen-bond acceptors (Lipinski definition) is 1. The molecule has 86 valence electrons. The first-order valence-corrected chi connectivity index (χ1v) is 6.46. The minimum atomic E-state index is 0.835. The molecule has 1 unspecified atom stereocenters. The van der Waals surface area contributed by atoms with Crippen LogP contribution in [0.25, 0.3) is 0 Å². The van der Waals surface area contributed by atoms with Crippen molar-refractivity contribution in [3.63, 3.8) is 0 Å². The van der Waals surface area contributed by atoms with E-state index in [2.05, 4.69) is 32.7 Å². The van der Waals surface area contributed by atoms with Crippen LogP contribution in [0.4, 0.5) is 0 Å². The molecule has 0 bridgehead atoms. The van der Waals surface area contributed by atoms with Crippen molar-refractivity contribution in [1.82, 2.24) is 4.90 Å². The van der Waals surface area contributed by atoms with E-state index in [1.165, 1.54) is 51.5 Å². The van der Waals surface area contributed by atoms with Crippen molar-refractivity contribution in [2.24, 2.45) is 0 Å². The van der Waals surface area contributed by atoms with Gasteiger partial charge in [-0.2, -0.15) is 0 Å². The molecule has 0 saturated heterocycles. The van der Waals surface area contributed by atoms with Crippen LogP contribution < -0.4 is 0 Å². The summed E-state index contributed by atoms with van der Waals surface area (Å²) in [4.78, 5) is 2.51. The largest absolute Gasteiger partial charge is 0.304 e. The van der Waals surface area contributed by atoms with E-state index in [0.29, 0.717) is 0 Å². The van der Waals surface area contributed by atoms with E-state index >= 15 is 0 Å². The summed E-state index contributed by atoms with van der Waals surface area (Å²) in [7, 11) is 2.26. The molecule has 0 saturated carbocycles. The van der Waals surface area contributed by atoms with Crippen LogP contribution in [0.1, 0.15) is 65.7 Å². The van der Waals surface area contributed by atoms with E-state index in [-0.39, 0.29) is 0 Å². The molecule has 0 aromatic heterocycles. The lowest BCUT2D eigenvalue weighted by Gasteiger charge is -2.26. The lowest BCUT2D eigenvalue weighted by molar-refractivity contribution is 0.223. The maximum atomic E-state index is 2.51. The maximum absolute atomic E-state index is 2.51. The summed E-state index contributed by atoms with van der Waals surface area (Å²) >= 11 is 0. The lowest BCUT2D eigenvalue weighted by Crippen LogP contribution is -2.31. The van der Waals surface area contributed by atoms with Crippen LogP contribution in [0.5, 0.6) is 0 Å². The second-order valence-corrected chi connectivity index (χ2v) is 4.37. The molecule has 0 aliphatic heterocycles. The molecule has 0 N–H and O–H groups in total. The standard InChI is InChI=1S/C13H29N/c1-5-8-9-10-12-13(11-6-2)14(4)7-3/h13H,5-12H2,1-4H3. The van der Waals surface area contributed by atoms with Gasteiger partial charge in [0.25, 0.3) is 0 Å². The highest BCUT2D eigenvalue weighted by Crippen LogP contribution is 2.14. The summed E-state index contributed by atoms with van der Waals surface area (Å²) in [5.74, 6) is 0. The fraction of sp³-hybridized carbons (Fsp3) is 1.00. The normalized spacial score (nSPS) is 13.5. The zero-order chi connectivity index (χ0) is 10.8. The van der Waals surface area contributed by atoms with Crippen LogP contribution in [-0.4, -0.2) is 24.5 Å². The maximum Gasteiger partial charge on any atom is 0.00919 e. The highest BCUT2D eigenvalue weighted by molar-refractivity contribution is 4.67. The van der Waals surface area contributed by atoms with Gasteiger partial charge in [0.2, 0.25) is 0 Å². The quantitative estimate of drug-likeness (QED) is 0.506. The third-order valence-corrected chi connectivity index (χ3v) is 3.13. The van der Waals surface area contributed by atoms with E-state index in [9.17, 15) is 0 Å². The van der Waals surface area contributed by atoms with Crippen LogP contribution in [0.3, 0.4) is 0 Å². The van der Waals surface area contributed by atoms with Crippen LogP contribution in [0.2, 0.25) is 0 Å². The Labute approximate surface area is 90.9 Å². The number of unbranched alkanes of at least 4 members (excludes halogenated alkanes) is 3. The molecule has 1 heteroatoms. The summed E-state index contributed by atoms with van der Waals surface area (Å²) in [6.45, 7) is 8.03. The van der Waals surface area contributed by atoms with E-state index in [1.54, 1.807) is 0 Å². The molecule has 1 atom stereocenters. The zero-order valence-corrected chi connectivity index (χ0v) is 10.7. The Balaban J connectivity index is 3.61. The topological polar surface area (TPSA) is 3.24 Å². The van der Waals surface area contributed by atoms with Gasteiger partial charge in [-0.25, -0.2) is 0 Å². The van der Waals surface area contributed by atoms with Crippen molar-refractivity contribution >= 4 is 0 Å². The van der Waals surface area contributed by atoms with E-state index in [4.69, 9.17) is 0 Å². The van der Waals surface area contributed by atoms with Gasteiger partial charge in [-0.05, 0) is 26.4 Å². The van der Waals surface area contributed by atoms with Gasteiger partial charge < -0.3 is 4.90 Å². The summed E-state index contributed by atoms with van der Waals surface area (Å²) < 4.78 is 0. The molecule has 0 fully saturated rings. The fourth-order valence-electron chi connectivity index (χ4n) is 1.98. The molecule has 1 nitrogen and oxygen atoms in total. The van der Waals surface area contributed by atoms with E-state index in [1.807, 2.05) is 0 Å². The van der Waals surface area contributed by atoms with Gasteiger partial charge in [-0.15, -0.1) is 0 Å². The van der Waals surface area contributed by atoms with Gasteiger partial charge in [-0.1, -0.05) is 52.9 Å². The molecular weight excluding hydrogens is 170 g/mol. The Hall–Kier alpha value is -0.0400. The number of nitrogens with zero attached hydrogens (tertiary/aromatic N) is 1. The van der Waals surface area contributed by atoms with Crippen molar-refractivity contribution in [2.75, 3.05) is 13.6 Å². The van der Waals surface area contributed by atoms with Crippen molar-refractivity contribution in [2.45, 2.75) is 71.8 Å². The molecular formula is C13H29N. The molecule has 0 heterocycles. The van der Waals surface area contributed by atoms with Crippen molar-refractivity contribution in [3.8, 4) is 0 Å². The van der Waals surface area contributed by atoms with Gasteiger partial charge in [0.15, 0.2) is 0 Å². The molecule has 14 heavy (non-hydrogen) atoms. The third-order valence-electron chi connectivity index (χ3n) is 3.13. The highest BCUT2D eigenvalue weighted by atomic mass is 15.1. The second kappa shape index (κ2) is 9.51. The van der Waals surface area contributed by atoms with Crippen molar-refractivity contribution in [1.29, 1.82) is 0 Å². The smallest absolute Gasteiger partial charge is 0.00919 e. The van der Waals surface area contributed by atoms with E-state index < -0.39 is 0 Å². The number of hydrogen-bond donors (Lipinski definition) is 0. The molecule has 0 aliphatic carbocycles. The summed E-state index contributed by atoms with van der Waals surface area (Å²) in [5.41, 5.74) is 0. The van der Waals surface area contributed by atoms with Crippen molar-refractivity contribution < 1.29 is 0 Å². The SMILES string of the molecule is CCCCCCC(CCC)N(C)CC. The Kier molecular flexibility index (Phi) is 9.49. The van der Waals surface area contributed by atoms with Crippen LogP contribution >= 0.6 is 0 Å². The predicted octanol–water partition coefficient (Wildman–Crippen LogP) is 4.08. The molecule has 0 aromatic rings. The zero-order valence-electron chi connectivity index (χ0n) is 10.7. The first-order chi connectivity index (χ1) is 6.76. The summed E-state index contributed by atoms with van der Waals surface area (Å²) in [6.07, 6.45) is 9.70. The van der Waals surface area contributed by atoms with Gasteiger partial charge >= 0.3 is 0 Å². The van der Waals surface area contributed by atoms with Crippen LogP contribution in [0.15, 0.2) is 0 Å². The Morgan fingerprint density at radius 2 is 1.57 bits per heavy atom. The van der Waals surface area contributed by atoms with Crippen LogP contribution in [-0.2, 0) is 0 Å². The summed E-state index contributed by atoms with van der Waals surface area (Å²) in [5, 5.41) is 0. The average molecular weight is 199 g/mol. The molecule has 0 rings (SSSR count). The fourth-order valence-corrected chi connectivity index (χ4v) is 1.98. The minimum absolute atomic E-state index is 0.835. The van der Waals surface area contributed by atoms with E-state index in [0.717, 1.165) is 6.04 Å². The van der Waals surface area contributed by atoms with Crippen molar-refractivity contribution in [3.05, 3.63) is 0 Å². The Morgan fingerprint density at radius 1 is 0.857 bits per heavy atom. The average Bonchev–Trinajstić information content (AvgIpc) is 2.21. The summed E-state index contributed by atoms with van der Waals surface area (Å²) in [6, 6.07) is 0.835. The molecule has 0 amide bonds. The van der Waals surface area contributed by atoms with Gasteiger partial charge in [0.1, 0.15) is 0 Å². The highest BCUT2D eigenvalue weighted by Gasteiger charge is 2.11. The first-order valence-electron chi connectivity index (χ1n) is 6.46. The molecule has 0 aromatic carbocycles. The monoisotopic (exact) mass is 199 g/mol. The predicted molar refractivity (Wildman–Crippen MR) is 65.8 cm³/mol. The molecule has 0 spiro atoms.